The third-order valence-corrected chi connectivity index (χ3v) is 3.12. The zero-order chi connectivity index (χ0) is 9.97. The van der Waals surface area contributed by atoms with E-state index in [-0.39, 0.29) is 0 Å². The van der Waals surface area contributed by atoms with Crippen molar-refractivity contribution in [3.8, 4) is 0 Å². The van der Waals surface area contributed by atoms with Gasteiger partial charge in [0.25, 0.3) is 0 Å². The molecule has 0 saturated heterocycles. The largest absolute Gasteiger partial charge is 0.0760 e. The number of benzene rings is 1. The van der Waals surface area contributed by atoms with Gasteiger partial charge in [-0.3, -0.25) is 0 Å². The highest BCUT2D eigenvalue weighted by Crippen LogP contribution is 2.34. The lowest BCUT2D eigenvalue weighted by Crippen LogP contribution is -1.96. The zero-order valence-corrected chi connectivity index (χ0v) is 9.09. The average molecular weight is 186 g/mol. The molecule has 2 rings (SSSR count). The van der Waals surface area contributed by atoms with Crippen LogP contribution in [-0.2, 0) is 6.42 Å². The minimum absolute atomic E-state index is 0.726. The highest BCUT2D eigenvalue weighted by Gasteiger charge is 2.17. The smallest absolute Gasteiger partial charge is 0.00853 e. The summed E-state index contributed by atoms with van der Waals surface area (Å²) in [6, 6.07) is 8.80. The molecule has 1 aromatic carbocycles. The summed E-state index contributed by atoms with van der Waals surface area (Å²) in [7, 11) is 0. The van der Waals surface area contributed by atoms with Crippen LogP contribution in [-0.4, -0.2) is 0 Å². The molecule has 1 atom stereocenters. The maximum atomic E-state index is 2.41. The normalized spacial score (nSPS) is 16.3. The summed E-state index contributed by atoms with van der Waals surface area (Å²) in [5.74, 6) is 0.726. The van der Waals surface area contributed by atoms with Crippen LogP contribution in [0.2, 0.25) is 0 Å². The summed E-state index contributed by atoms with van der Waals surface area (Å²) >= 11 is 0. The van der Waals surface area contributed by atoms with Gasteiger partial charge in [-0.2, -0.15) is 0 Å². The molecule has 0 N–H and O–H groups in total. The lowest BCUT2D eigenvalue weighted by atomic mass is 9.92. The van der Waals surface area contributed by atoms with Gasteiger partial charge < -0.3 is 0 Å². The molecule has 0 heteroatoms. The maximum Gasteiger partial charge on any atom is -0.00853 e. The Morgan fingerprint density at radius 3 is 2.86 bits per heavy atom. The van der Waals surface area contributed by atoms with Gasteiger partial charge >= 0.3 is 0 Å². The van der Waals surface area contributed by atoms with Crippen LogP contribution in [0.3, 0.4) is 0 Å². The molecule has 0 saturated carbocycles. The first kappa shape index (κ1) is 9.51. The molecule has 0 aliphatic heterocycles. The van der Waals surface area contributed by atoms with Crippen LogP contribution in [0.15, 0.2) is 30.3 Å². The number of hydrogen-bond acceptors (Lipinski definition) is 0. The monoisotopic (exact) mass is 186 g/mol. The first-order chi connectivity index (χ1) is 6.83. The molecular weight excluding hydrogens is 168 g/mol. The first-order valence-corrected chi connectivity index (χ1v) is 5.61. The molecule has 0 nitrogen and oxygen atoms in total. The molecule has 0 aromatic heterocycles. The van der Waals surface area contributed by atoms with Crippen molar-refractivity contribution in [2.75, 3.05) is 0 Å². The quantitative estimate of drug-likeness (QED) is 0.667. The minimum Gasteiger partial charge on any atom is -0.0760 e. The van der Waals surface area contributed by atoms with Gasteiger partial charge in [0.2, 0.25) is 0 Å². The maximum absolute atomic E-state index is 2.41. The van der Waals surface area contributed by atoms with Gasteiger partial charge in [-0.15, -0.1) is 0 Å². The van der Waals surface area contributed by atoms with Crippen molar-refractivity contribution in [2.24, 2.45) is 5.92 Å². The molecule has 0 heterocycles. The Morgan fingerprint density at radius 1 is 1.29 bits per heavy atom. The Balaban J connectivity index is 2.24. The van der Waals surface area contributed by atoms with Crippen molar-refractivity contribution in [3.63, 3.8) is 0 Å². The van der Waals surface area contributed by atoms with Crippen molar-refractivity contribution in [1.29, 1.82) is 0 Å². The van der Waals surface area contributed by atoms with E-state index in [1.165, 1.54) is 24.0 Å². The van der Waals surface area contributed by atoms with E-state index in [9.17, 15) is 0 Å². The molecule has 0 fully saturated rings. The first-order valence-electron chi connectivity index (χ1n) is 5.61. The van der Waals surface area contributed by atoms with Gasteiger partial charge in [0, 0.05) is 0 Å². The predicted molar refractivity (Wildman–Crippen MR) is 62.2 cm³/mol. The number of rotatable bonds is 3. The zero-order valence-electron chi connectivity index (χ0n) is 9.09. The second-order valence-electron chi connectivity index (χ2n) is 4.21. The van der Waals surface area contributed by atoms with Crippen molar-refractivity contribution in [2.45, 2.75) is 33.1 Å². The molecule has 0 amide bonds. The van der Waals surface area contributed by atoms with E-state index >= 15 is 0 Å². The van der Waals surface area contributed by atoms with Crippen LogP contribution in [0.1, 0.15) is 37.8 Å². The molecule has 74 valence electrons. The summed E-state index contributed by atoms with van der Waals surface area (Å²) < 4.78 is 0. The van der Waals surface area contributed by atoms with E-state index in [0.717, 1.165) is 12.3 Å². The number of fused-ring (bicyclic) bond motifs is 1. The molecule has 1 unspecified atom stereocenters. The van der Waals surface area contributed by atoms with Gasteiger partial charge in [-0.25, -0.2) is 0 Å². The highest BCUT2D eigenvalue weighted by atomic mass is 14.2. The van der Waals surface area contributed by atoms with E-state index in [1.54, 1.807) is 5.57 Å². The Bertz CT molecular complexity index is 347. The van der Waals surface area contributed by atoms with Gasteiger partial charge in [0.1, 0.15) is 0 Å². The van der Waals surface area contributed by atoms with Crippen molar-refractivity contribution < 1.29 is 0 Å². The van der Waals surface area contributed by atoms with E-state index in [0.29, 0.717) is 0 Å². The predicted octanol–water partition coefficient (Wildman–Crippen LogP) is 4.06. The molecule has 0 radical (unpaired) electrons. The Hall–Kier alpha value is -1.04. The van der Waals surface area contributed by atoms with E-state index in [2.05, 4.69) is 44.2 Å². The third-order valence-electron chi connectivity index (χ3n) is 3.12. The second-order valence-corrected chi connectivity index (χ2v) is 4.21. The number of allylic oxidation sites excluding steroid dienone is 2. The molecule has 1 aliphatic rings. The topological polar surface area (TPSA) is 0 Å². The number of hydrogen-bond donors (Lipinski definition) is 0. The standard InChI is InChI=1S/C14H18/c1-3-6-11(2)13-10-9-12-7-4-5-8-14(12)13/h4-5,7-8,10-11H,3,6,9H2,1-2H3. The molecule has 0 spiro atoms. The van der Waals surface area contributed by atoms with Crippen molar-refractivity contribution >= 4 is 5.57 Å². The average Bonchev–Trinajstić information content (AvgIpc) is 2.61. The Kier molecular flexibility index (Phi) is 2.72. The molecular formula is C14H18. The summed E-state index contributed by atoms with van der Waals surface area (Å²) in [6.07, 6.45) is 6.13. The molecule has 0 bridgehead atoms. The summed E-state index contributed by atoms with van der Waals surface area (Å²) in [5.41, 5.74) is 4.57. The van der Waals surface area contributed by atoms with Gasteiger partial charge in [-0.1, -0.05) is 50.6 Å². The van der Waals surface area contributed by atoms with Crippen LogP contribution >= 0.6 is 0 Å². The Morgan fingerprint density at radius 2 is 2.07 bits per heavy atom. The van der Waals surface area contributed by atoms with Crippen LogP contribution < -0.4 is 0 Å². The highest BCUT2D eigenvalue weighted by molar-refractivity contribution is 5.74. The molecule has 1 aliphatic carbocycles. The van der Waals surface area contributed by atoms with Crippen molar-refractivity contribution in [1.82, 2.24) is 0 Å². The van der Waals surface area contributed by atoms with Gasteiger partial charge in [-0.05, 0) is 35.5 Å². The minimum atomic E-state index is 0.726. The van der Waals surface area contributed by atoms with Crippen LogP contribution in [0.25, 0.3) is 5.57 Å². The van der Waals surface area contributed by atoms with Crippen LogP contribution in [0.5, 0.6) is 0 Å². The van der Waals surface area contributed by atoms with E-state index in [4.69, 9.17) is 0 Å². The second kappa shape index (κ2) is 4.00. The summed E-state index contributed by atoms with van der Waals surface area (Å²) in [6.45, 7) is 4.61. The molecule has 14 heavy (non-hydrogen) atoms. The fourth-order valence-electron chi connectivity index (χ4n) is 2.36. The lowest BCUT2D eigenvalue weighted by molar-refractivity contribution is 0.650. The third kappa shape index (κ3) is 1.61. The molecule has 1 aromatic rings. The van der Waals surface area contributed by atoms with E-state index < -0.39 is 0 Å². The van der Waals surface area contributed by atoms with Gasteiger partial charge in [0.15, 0.2) is 0 Å². The fourth-order valence-corrected chi connectivity index (χ4v) is 2.36. The Labute approximate surface area is 86.7 Å². The van der Waals surface area contributed by atoms with Crippen LogP contribution in [0, 0.1) is 5.92 Å². The SMILES string of the molecule is CCCC(C)C1=CCc2ccccc21. The van der Waals surface area contributed by atoms with Crippen molar-refractivity contribution in [3.05, 3.63) is 41.5 Å². The fraction of sp³-hybridized carbons (Fsp3) is 0.429. The van der Waals surface area contributed by atoms with Gasteiger partial charge in [0.05, 0.1) is 0 Å². The summed E-state index contributed by atoms with van der Waals surface area (Å²) in [5, 5.41) is 0. The lowest BCUT2D eigenvalue weighted by Gasteiger charge is -2.13. The van der Waals surface area contributed by atoms with Crippen LogP contribution in [0.4, 0.5) is 0 Å². The summed E-state index contributed by atoms with van der Waals surface area (Å²) in [4.78, 5) is 0. The van der Waals surface area contributed by atoms with E-state index in [1.807, 2.05) is 0 Å².